The van der Waals surface area contributed by atoms with Gasteiger partial charge in [-0.3, -0.25) is 0 Å². The Morgan fingerprint density at radius 2 is 2.38 bits per heavy atom. The van der Waals surface area contributed by atoms with Gasteiger partial charge in [0.15, 0.2) is 6.29 Å². The van der Waals surface area contributed by atoms with Crippen molar-refractivity contribution in [2.45, 2.75) is 19.6 Å². The first-order valence-electron chi connectivity index (χ1n) is 2.99. The highest BCUT2D eigenvalue weighted by atomic mass is 16.7. The van der Waals surface area contributed by atoms with E-state index in [9.17, 15) is 0 Å². The topological polar surface area (TPSA) is 18.5 Å². The lowest BCUT2D eigenvalue weighted by Gasteiger charge is -2.10. The lowest BCUT2D eigenvalue weighted by molar-refractivity contribution is -0.106. The van der Waals surface area contributed by atoms with Crippen molar-refractivity contribution >= 4 is 0 Å². The van der Waals surface area contributed by atoms with Crippen molar-refractivity contribution < 1.29 is 9.47 Å². The molecule has 2 unspecified atom stereocenters. The molecule has 0 aromatic heterocycles. The summed E-state index contributed by atoms with van der Waals surface area (Å²) in [7, 11) is 1.69. The van der Waals surface area contributed by atoms with Gasteiger partial charge in [-0.15, -0.1) is 0 Å². The maximum absolute atomic E-state index is 5.19. The van der Waals surface area contributed by atoms with E-state index < -0.39 is 0 Å². The molecule has 0 amide bonds. The summed E-state index contributed by atoms with van der Waals surface area (Å²) < 4.78 is 10.2. The smallest absolute Gasteiger partial charge is 0.159 e. The molecule has 1 rings (SSSR count). The lowest BCUT2D eigenvalue weighted by Crippen LogP contribution is -2.14. The Bertz CT molecular complexity index is 72.9. The average molecular weight is 116 g/mol. The zero-order chi connectivity index (χ0) is 5.98. The Labute approximate surface area is 49.8 Å². The molecule has 0 N–H and O–H groups in total. The molecule has 1 aliphatic heterocycles. The lowest BCUT2D eigenvalue weighted by atomic mass is 10.1. The van der Waals surface area contributed by atoms with Crippen LogP contribution in [-0.4, -0.2) is 20.0 Å². The van der Waals surface area contributed by atoms with Gasteiger partial charge < -0.3 is 9.47 Å². The van der Waals surface area contributed by atoms with E-state index in [1.54, 1.807) is 7.11 Å². The number of ether oxygens (including phenoxy) is 2. The van der Waals surface area contributed by atoms with Crippen LogP contribution in [0.15, 0.2) is 0 Å². The van der Waals surface area contributed by atoms with Gasteiger partial charge in [0.05, 0.1) is 6.61 Å². The summed E-state index contributed by atoms with van der Waals surface area (Å²) in [6.07, 6.45) is 1.20. The fraction of sp³-hybridized carbons (Fsp3) is 1.00. The predicted octanol–water partition coefficient (Wildman–Crippen LogP) is 1.02. The van der Waals surface area contributed by atoms with Crippen LogP contribution in [0.3, 0.4) is 0 Å². The van der Waals surface area contributed by atoms with Crippen LogP contribution in [0.5, 0.6) is 0 Å². The molecule has 1 heterocycles. The largest absolute Gasteiger partial charge is 0.356 e. The van der Waals surface area contributed by atoms with Crippen molar-refractivity contribution in [1.29, 1.82) is 0 Å². The molecule has 2 heteroatoms. The fourth-order valence-electron chi connectivity index (χ4n) is 0.971. The number of rotatable bonds is 1. The van der Waals surface area contributed by atoms with Crippen molar-refractivity contribution in [2.24, 2.45) is 5.92 Å². The molecule has 0 spiro atoms. The van der Waals surface area contributed by atoms with E-state index in [4.69, 9.17) is 9.47 Å². The van der Waals surface area contributed by atoms with E-state index in [0.717, 1.165) is 13.0 Å². The highest BCUT2D eigenvalue weighted by molar-refractivity contribution is 4.62. The zero-order valence-electron chi connectivity index (χ0n) is 5.39. The van der Waals surface area contributed by atoms with Gasteiger partial charge in [0.2, 0.25) is 0 Å². The maximum Gasteiger partial charge on any atom is 0.159 e. The van der Waals surface area contributed by atoms with E-state index in [2.05, 4.69) is 6.92 Å². The van der Waals surface area contributed by atoms with Crippen LogP contribution in [0.2, 0.25) is 0 Å². The fourth-order valence-corrected chi connectivity index (χ4v) is 0.971. The summed E-state index contributed by atoms with van der Waals surface area (Å²) >= 11 is 0. The molecule has 0 saturated carbocycles. The van der Waals surface area contributed by atoms with E-state index in [-0.39, 0.29) is 6.29 Å². The van der Waals surface area contributed by atoms with Crippen molar-refractivity contribution in [3.05, 3.63) is 0 Å². The van der Waals surface area contributed by atoms with Gasteiger partial charge in [-0.25, -0.2) is 0 Å². The van der Waals surface area contributed by atoms with Crippen molar-refractivity contribution in [3.8, 4) is 0 Å². The van der Waals surface area contributed by atoms with Crippen LogP contribution in [-0.2, 0) is 9.47 Å². The van der Waals surface area contributed by atoms with Gasteiger partial charge in [0.25, 0.3) is 0 Å². The second kappa shape index (κ2) is 2.46. The second-order valence-corrected chi connectivity index (χ2v) is 2.24. The van der Waals surface area contributed by atoms with Crippen LogP contribution in [0, 0.1) is 5.92 Å². The first-order valence-corrected chi connectivity index (χ1v) is 2.99. The van der Waals surface area contributed by atoms with Gasteiger partial charge in [0, 0.05) is 13.0 Å². The molecule has 1 saturated heterocycles. The zero-order valence-corrected chi connectivity index (χ0v) is 5.39. The molecule has 48 valence electrons. The molecule has 0 aliphatic carbocycles. The SMILES string of the molecule is COC1OCCC1C. The van der Waals surface area contributed by atoms with Crippen LogP contribution in [0.25, 0.3) is 0 Å². The van der Waals surface area contributed by atoms with E-state index in [1.165, 1.54) is 0 Å². The molecular formula is C6H12O2. The molecule has 0 aromatic carbocycles. The molecular weight excluding hydrogens is 104 g/mol. The van der Waals surface area contributed by atoms with Crippen LogP contribution >= 0.6 is 0 Å². The summed E-state index contributed by atoms with van der Waals surface area (Å²) in [6.45, 7) is 3.00. The highest BCUT2D eigenvalue weighted by Gasteiger charge is 2.22. The van der Waals surface area contributed by atoms with Gasteiger partial charge in [-0.05, 0) is 6.42 Å². The minimum absolute atomic E-state index is 0.0648. The first kappa shape index (κ1) is 6.05. The molecule has 0 bridgehead atoms. The molecule has 1 fully saturated rings. The summed E-state index contributed by atoms with van der Waals surface area (Å²) in [5, 5.41) is 0. The summed E-state index contributed by atoms with van der Waals surface area (Å²) in [4.78, 5) is 0. The third-order valence-corrected chi connectivity index (χ3v) is 1.55. The third-order valence-electron chi connectivity index (χ3n) is 1.55. The van der Waals surface area contributed by atoms with Crippen LogP contribution in [0.1, 0.15) is 13.3 Å². The average Bonchev–Trinajstić information content (AvgIpc) is 2.14. The summed E-state index contributed by atoms with van der Waals surface area (Å²) in [6, 6.07) is 0. The van der Waals surface area contributed by atoms with E-state index >= 15 is 0 Å². The number of hydrogen-bond donors (Lipinski definition) is 0. The minimum atomic E-state index is 0.0648. The van der Waals surface area contributed by atoms with Crippen molar-refractivity contribution in [3.63, 3.8) is 0 Å². The minimum Gasteiger partial charge on any atom is -0.356 e. The van der Waals surface area contributed by atoms with Crippen LogP contribution < -0.4 is 0 Å². The van der Waals surface area contributed by atoms with E-state index in [0.29, 0.717) is 5.92 Å². The quantitative estimate of drug-likeness (QED) is 0.509. The molecule has 2 nitrogen and oxygen atoms in total. The number of hydrogen-bond acceptors (Lipinski definition) is 2. The molecule has 1 aliphatic rings. The Balaban J connectivity index is 2.30. The third kappa shape index (κ3) is 1.01. The van der Waals surface area contributed by atoms with Gasteiger partial charge in [0.1, 0.15) is 0 Å². The van der Waals surface area contributed by atoms with Crippen molar-refractivity contribution in [2.75, 3.05) is 13.7 Å². The highest BCUT2D eigenvalue weighted by Crippen LogP contribution is 2.19. The van der Waals surface area contributed by atoms with Crippen molar-refractivity contribution in [1.82, 2.24) is 0 Å². The Morgan fingerprint density at radius 1 is 1.62 bits per heavy atom. The van der Waals surface area contributed by atoms with Gasteiger partial charge in [-0.2, -0.15) is 0 Å². The Hall–Kier alpha value is -0.0800. The predicted molar refractivity (Wildman–Crippen MR) is 30.5 cm³/mol. The van der Waals surface area contributed by atoms with E-state index in [1.807, 2.05) is 0 Å². The first-order chi connectivity index (χ1) is 3.84. The summed E-state index contributed by atoms with van der Waals surface area (Å²) in [5.74, 6) is 0.583. The Morgan fingerprint density at radius 3 is 2.62 bits per heavy atom. The normalized spacial score (nSPS) is 38.2. The van der Waals surface area contributed by atoms with Gasteiger partial charge in [-0.1, -0.05) is 6.92 Å². The molecule has 2 atom stereocenters. The maximum atomic E-state index is 5.19. The monoisotopic (exact) mass is 116 g/mol. The second-order valence-electron chi connectivity index (χ2n) is 2.24. The molecule has 8 heavy (non-hydrogen) atoms. The molecule has 0 aromatic rings. The Kier molecular flexibility index (Phi) is 1.86. The van der Waals surface area contributed by atoms with Gasteiger partial charge >= 0.3 is 0 Å². The molecule has 0 radical (unpaired) electrons. The standard InChI is InChI=1S/C6H12O2/c1-5-3-4-8-6(5)7-2/h5-6H,3-4H2,1-2H3. The number of methoxy groups -OCH3 is 1. The van der Waals surface area contributed by atoms with Crippen LogP contribution in [0.4, 0.5) is 0 Å². The summed E-state index contributed by atoms with van der Waals surface area (Å²) in [5.41, 5.74) is 0.